The Balaban J connectivity index is 1.95. The average molecular weight is 376 g/mol. The largest absolute Gasteiger partial charge is 0.356 e. The number of carbonyl (C=O) groups is 2. The highest BCUT2D eigenvalue weighted by molar-refractivity contribution is 5.84. The molecule has 1 aromatic heterocycles. The quantitative estimate of drug-likeness (QED) is 0.695. The van der Waals surface area contributed by atoms with Crippen LogP contribution in [0.5, 0.6) is 0 Å². The molecule has 1 saturated heterocycles. The molecule has 7 nitrogen and oxygen atoms in total. The summed E-state index contributed by atoms with van der Waals surface area (Å²) in [6.07, 6.45) is 7.11. The third kappa shape index (κ3) is 6.73. The van der Waals surface area contributed by atoms with Gasteiger partial charge in [0, 0.05) is 44.5 Å². The molecule has 2 N–H and O–H groups in total. The van der Waals surface area contributed by atoms with Gasteiger partial charge in [-0.05, 0) is 38.2 Å². The summed E-state index contributed by atoms with van der Waals surface area (Å²) in [7, 11) is 0. The maximum atomic E-state index is 12.6. The van der Waals surface area contributed by atoms with Gasteiger partial charge >= 0.3 is 6.03 Å². The summed E-state index contributed by atoms with van der Waals surface area (Å²) in [5.41, 5.74) is 1.01. The third-order valence-electron chi connectivity index (χ3n) is 4.64. The molecule has 0 atom stereocenters. The van der Waals surface area contributed by atoms with E-state index in [1.54, 1.807) is 11.1 Å². The number of nitrogens with one attached hydrogen (secondary N) is 2. The van der Waals surface area contributed by atoms with E-state index < -0.39 is 0 Å². The first kappa shape index (κ1) is 21.0. The topological polar surface area (TPSA) is 77.6 Å². The fourth-order valence-corrected chi connectivity index (χ4v) is 3.26. The molecule has 0 bridgehead atoms. The number of hydrogen-bond donors (Lipinski definition) is 2. The molecule has 1 aliphatic heterocycles. The third-order valence-corrected chi connectivity index (χ3v) is 4.64. The molecule has 7 heteroatoms. The number of urea groups is 1. The van der Waals surface area contributed by atoms with Gasteiger partial charge in [-0.15, -0.1) is 0 Å². The van der Waals surface area contributed by atoms with E-state index in [0.29, 0.717) is 19.6 Å². The molecule has 1 fully saturated rings. The predicted molar refractivity (Wildman–Crippen MR) is 108 cm³/mol. The molecule has 2 heterocycles. The van der Waals surface area contributed by atoms with Crippen molar-refractivity contribution in [3.8, 4) is 0 Å². The highest BCUT2D eigenvalue weighted by atomic mass is 16.2. The minimum Gasteiger partial charge on any atom is -0.356 e. The van der Waals surface area contributed by atoms with E-state index in [1.165, 1.54) is 19.3 Å². The van der Waals surface area contributed by atoms with Crippen molar-refractivity contribution in [1.29, 1.82) is 0 Å². The lowest BCUT2D eigenvalue weighted by Gasteiger charge is -2.29. The molecule has 0 aromatic carbocycles. The Morgan fingerprint density at radius 2 is 1.93 bits per heavy atom. The van der Waals surface area contributed by atoms with Crippen LogP contribution in [0.2, 0.25) is 0 Å². The number of piperidine rings is 1. The van der Waals surface area contributed by atoms with Gasteiger partial charge in [0.25, 0.3) is 0 Å². The molecule has 0 aliphatic carbocycles. The van der Waals surface area contributed by atoms with Gasteiger partial charge < -0.3 is 20.4 Å². The number of nitrogens with zero attached hydrogens (tertiary/aromatic N) is 3. The molecule has 1 aromatic rings. The zero-order valence-corrected chi connectivity index (χ0v) is 16.7. The van der Waals surface area contributed by atoms with E-state index in [-0.39, 0.29) is 18.5 Å². The van der Waals surface area contributed by atoms with Crippen LogP contribution in [0.25, 0.3) is 0 Å². The SMILES string of the molecule is CCCNC(=O)CN(CCC)C(=O)NCc1cccnc1N1CCCCC1. The first-order valence-corrected chi connectivity index (χ1v) is 10.1. The Bertz CT molecular complexity index is 602. The summed E-state index contributed by atoms with van der Waals surface area (Å²) in [5.74, 6) is 0.844. The number of hydrogen-bond acceptors (Lipinski definition) is 4. The fraction of sp³-hybridized carbons (Fsp3) is 0.650. The second-order valence-corrected chi connectivity index (χ2v) is 6.96. The van der Waals surface area contributed by atoms with Gasteiger partial charge in [-0.3, -0.25) is 4.79 Å². The van der Waals surface area contributed by atoms with Crippen LogP contribution in [0, 0.1) is 0 Å². The van der Waals surface area contributed by atoms with Gasteiger partial charge in [-0.25, -0.2) is 9.78 Å². The smallest absolute Gasteiger partial charge is 0.318 e. The summed E-state index contributed by atoms with van der Waals surface area (Å²) in [4.78, 5) is 33.0. The van der Waals surface area contributed by atoms with Crippen LogP contribution in [-0.2, 0) is 11.3 Å². The normalized spacial score (nSPS) is 13.9. The molecule has 0 radical (unpaired) electrons. The van der Waals surface area contributed by atoms with Gasteiger partial charge in [0.1, 0.15) is 12.4 Å². The summed E-state index contributed by atoms with van der Waals surface area (Å²) in [6, 6.07) is 3.70. The number of aromatic nitrogens is 1. The second-order valence-electron chi connectivity index (χ2n) is 6.96. The zero-order valence-electron chi connectivity index (χ0n) is 16.7. The van der Waals surface area contributed by atoms with E-state index >= 15 is 0 Å². The Hall–Kier alpha value is -2.31. The number of rotatable bonds is 9. The van der Waals surface area contributed by atoms with Crippen molar-refractivity contribution < 1.29 is 9.59 Å². The van der Waals surface area contributed by atoms with Crippen LogP contribution in [0.3, 0.4) is 0 Å². The minimum atomic E-state index is -0.211. The number of carbonyl (C=O) groups excluding carboxylic acids is 2. The van der Waals surface area contributed by atoms with Gasteiger partial charge in [0.05, 0.1) is 0 Å². The molecule has 150 valence electrons. The van der Waals surface area contributed by atoms with Crippen LogP contribution in [-0.4, -0.2) is 54.5 Å². The summed E-state index contributed by atoms with van der Waals surface area (Å²) < 4.78 is 0. The monoisotopic (exact) mass is 375 g/mol. The lowest BCUT2D eigenvalue weighted by molar-refractivity contribution is -0.121. The highest BCUT2D eigenvalue weighted by Gasteiger charge is 2.18. The van der Waals surface area contributed by atoms with E-state index in [1.807, 2.05) is 26.0 Å². The predicted octanol–water partition coefficient (Wildman–Crippen LogP) is 2.52. The van der Waals surface area contributed by atoms with Crippen molar-refractivity contribution in [1.82, 2.24) is 20.5 Å². The Morgan fingerprint density at radius 1 is 1.15 bits per heavy atom. The zero-order chi connectivity index (χ0) is 19.5. The first-order valence-electron chi connectivity index (χ1n) is 10.1. The molecule has 0 unspecified atom stereocenters. The second kappa shape index (κ2) is 11.4. The highest BCUT2D eigenvalue weighted by Crippen LogP contribution is 2.21. The van der Waals surface area contributed by atoms with Crippen LogP contribution < -0.4 is 15.5 Å². The maximum absolute atomic E-state index is 12.6. The maximum Gasteiger partial charge on any atom is 0.318 e. The van der Waals surface area contributed by atoms with E-state index in [2.05, 4.69) is 20.5 Å². The minimum absolute atomic E-state index is 0.0890. The average Bonchev–Trinajstić information content (AvgIpc) is 2.71. The van der Waals surface area contributed by atoms with Crippen molar-refractivity contribution in [2.24, 2.45) is 0 Å². The number of pyridine rings is 1. The van der Waals surface area contributed by atoms with Crippen LogP contribution in [0.1, 0.15) is 51.5 Å². The molecule has 2 rings (SSSR count). The Morgan fingerprint density at radius 3 is 2.63 bits per heavy atom. The van der Waals surface area contributed by atoms with Crippen LogP contribution >= 0.6 is 0 Å². The fourth-order valence-electron chi connectivity index (χ4n) is 3.26. The molecular formula is C20H33N5O2. The molecular weight excluding hydrogens is 342 g/mol. The summed E-state index contributed by atoms with van der Waals surface area (Å²) in [6.45, 7) is 7.72. The molecule has 0 spiro atoms. The molecule has 0 saturated carbocycles. The summed E-state index contributed by atoms with van der Waals surface area (Å²) >= 11 is 0. The summed E-state index contributed by atoms with van der Waals surface area (Å²) in [5, 5.41) is 5.79. The molecule has 1 aliphatic rings. The van der Waals surface area contributed by atoms with E-state index in [4.69, 9.17) is 0 Å². The van der Waals surface area contributed by atoms with E-state index in [9.17, 15) is 9.59 Å². The Kier molecular flexibility index (Phi) is 8.87. The standard InChI is InChI=1S/C20H33N5O2/c1-3-10-21-18(26)16-25(12-4-2)20(27)23-15-17-9-8-11-22-19(17)24-13-6-5-7-14-24/h8-9,11H,3-7,10,12-16H2,1-2H3,(H,21,26)(H,23,27). The van der Waals surface area contributed by atoms with Crippen molar-refractivity contribution >= 4 is 17.8 Å². The van der Waals surface area contributed by atoms with Gasteiger partial charge in [0.2, 0.25) is 5.91 Å². The van der Waals surface area contributed by atoms with Gasteiger partial charge in [0.15, 0.2) is 0 Å². The lowest BCUT2D eigenvalue weighted by Crippen LogP contribution is -2.46. The first-order chi connectivity index (χ1) is 13.2. The van der Waals surface area contributed by atoms with Gasteiger partial charge in [-0.2, -0.15) is 0 Å². The van der Waals surface area contributed by atoms with Gasteiger partial charge in [-0.1, -0.05) is 19.9 Å². The van der Waals surface area contributed by atoms with E-state index in [0.717, 1.165) is 37.3 Å². The van der Waals surface area contributed by atoms with Crippen molar-refractivity contribution in [3.05, 3.63) is 23.9 Å². The van der Waals surface area contributed by atoms with Crippen LogP contribution in [0.15, 0.2) is 18.3 Å². The lowest BCUT2D eigenvalue weighted by atomic mass is 10.1. The molecule has 3 amide bonds. The van der Waals surface area contributed by atoms with Crippen molar-refractivity contribution in [2.45, 2.75) is 52.5 Å². The molecule has 27 heavy (non-hydrogen) atoms. The van der Waals surface area contributed by atoms with Crippen molar-refractivity contribution in [3.63, 3.8) is 0 Å². The van der Waals surface area contributed by atoms with Crippen molar-refractivity contribution in [2.75, 3.05) is 37.6 Å². The Labute approximate surface area is 162 Å². The number of anilines is 1. The number of amides is 3. The van der Waals surface area contributed by atoms with Crippen LogP contribution in [0.4, 0.5) is 10.6 Å².